The molecule has 0 atom stereocenters. The van der Waals surface area contributed by atoms with Crippen LogP contribution in [0.5, 0.6) is 0 Å². The monoisotopic (exact) mass is 298 g/mol. The van der Waals surface area contributed by atoms with Crippen LogP contribution in [0.4, 0.5) is 17.3 Å². The number of anilines is 2. The van der Waals surface area contributed by atoms with E-state index in [0.717, 1.165) is 6.42 Å². The number of nitrogens with one attached hydrogen (secondary N) is 2. The van der Waals surface area contributed by atoms with Crippen molar-refractivity contribution in [1.29, 1.82) is 0 Å². The summed E-state index contributed by atoms with van der Waals surface area (Å²) in [5, 5.41) is 16.9. The van der Waals surface area contributed by atoms with Crippen molar-refractivity contribution in [3.63, 3.8) is 0 Å². The average Bonchev–Trinajstić information content (AvgIpc) is 2.46. The molecule has 0 aromatic carbocycles. The van der Waals surface area contributed by atoms with E-state index in [1.807, 2.05) is 6.92 Å². The summed E-state index contributed by atoms with van der Waals surface area (Å²) in [6, 6.07) is 2.84. The maximum absolute atomic E-state index is 10.9. The fourth-order valence-corrected chi connectivity index (χ4v) is 1.62. The third-order valence-electron chi connectivity index (χ3n) is 2.58. The van der Waals surface area contributed by atoms with Gasteiger partial charge in [0.2, 0.25) is 0 Å². The summed E-state index contributed by atoms with van der Waals surface area (Å²) in [6.45, 7) is 4.94. The van der Waals surface area contributed by atoms with Crippen LogP contribution in [0.2, 0.25) is 0 Å². The molecule has 1 aromatic heterocycles. The van der Waals surface area contributed by atoms with E-state index >= 15 is 0 Å². The number of rotatable bonds is 11. The van der Waals surface area contributed by atoms with Crippen LogP contribution in [0.15, 0.2) is 12.1 Å². The third kappa shape index (κ3) is 6.87. The zero-order chi connectivity index (χ0) is 15.5. The third-order valence-corrected chi connectivity index (χ3v) is 2.58. The molecule has 21 heavy (non-hydrogen) atoms. The van der Waals surface area contributed by atoms with E-state index in [1.54, 1.807) is 7.11 Å². The van der Waals surface area contributed by atoms with E-state index in [2.05, 4.69) is 15.6 Å². The molecule has 0 amide bonds. The van der Waals surface area contributed by atoms with Crippen LogP contribution in [-0.4, -0.2) is 49.9 Å². The second-order valence-corrected chi connectivity index (χ2v) is 4.27. The van der Waals surface area contributed by atoms with Crippen molar-refractivity contribution in [2.24, 2.45) is 0 Å². The smallest absolute Gasteiger partial charge is 0.276 e. The van der Waals surface area contributed by atoms with Gasteiger partial charge in [-0.05, 0) is 13.3 Å². The first kappa shape index (κ1) is 17.1. The zero-order valence-electron chi connectivity index (χ0n) is 12.4. The van der Waals surface area contributed by atoms with E-state index < -0.39 is 4.92 Å². The van der Waals surface area contributed by atoms with Crippen LogP contribution >= 0.6 is 0 Å². The highest BCUT2D eigenvalue weighted by molar-refractivity contribution is 5.54. The minimum absolute atomic E-state index is 0.0137. The number of aromatic nitrogens is 1. The summed E-state index contributed by atoms with van der Waals surface area (Å²) in [5.41, 5.74) is 0.0137. The minimum Gasteiger partial charge on any atom is -0.382 e. The van der Waals surface area contributed by atoms with Gasteiger partial charge in [-0.15, -0.1) is 0 Å². The Morgan fingerprint density at radius 1 is 1.24 bits per heavy atom. The Balaban J connectivity index is 2.44. The van der Waals surface area contributed by atoms with Gasteiger partial charge in [0.25, 0.3) is 5.69 Å². The number of nitrogens with zero attached hydrogens (tertiary/aromatic N) is 2. The molecule has 2 N–H and O–H groups in total. The Labute approximate surface area is 124 Å². The van der Waals surface area contributed by atoms with E-state index in [4.69, 9.17) is 9.47 Å². The summed E-state index contributed by atoms with van der Waals surface area (Å²) >= 11 is 0. The molecule has 0 aliphatic rings. The zero-order valence-corrected chi connectivity index (χ0v) is 12.4. The van der Waals surface area contributed by atoms with Gasteiger partial charge in [-0.25, -0.2) is 4.98 Å². The molecule has 1 rings (SSSR count). The van der Waals surface area contributed by atoms with Crippen molar-refractivity contribution in [2.75, 3.05) is 50.7 Å². The predicted molar refractivity (Wildman–Crippen MR) is 80.9 cm³/mol. The molecular formula is C13H22N4O4. The van der Waals surface area contributed by atoms with Gasteiger partial charge < -0.3 is 20.1 Å². The fourth-order valence-electron chi connectivity index (χ4n) is 1.62. The number of pyridine rings is 1. The molecular weight excluding hydrogens is 276 g/mol. The minimum atomic E-state index is -0.429. The van der Waals surface area contributed by atoms with E-state index in [9.17, 15) is 10.1 Å². The van der Waals surface area contributed by atoms with Gasteiger partial charge in [-0.2, -0.15) is 0 Å². The lowest BCUT2D eigenvalue weighted by Crippen LogP contribution is -2.10. The molecule has 0 saturated heterocycles. The molecule has 8 nitrogen and oxygen atoms in total. The SMILES string of the molecule is CCNc1cc([N+](=O)[O-])cc(NCCCOCCOC)n1. The molecule has 8 heteroatoms. The predicted octanol–water partition coefficient (Wildman–Crippen LogP) is 1.89. The maximum atomic E-state index is 10.9. The molecule has 0 unspecified atom stereocenters. The summed E-state index contributed by atoms with van der Waals surface area (Å²) in [4.78, 5) is 14.7. The number of methoxy groups -OCH3 is 1. The van der Waals surface area contributed by atoms with Gasteiger partial charge in [0, 0.05) is 26.8 Å². The van der Waals surface area contributed by atoms with Gasteiger partial charge in [0.1, 0.15) is 11.6 Å². The van der Waals surface area contributed by atoms with Crippen LogP contribution in [0, 0.1) is 10.1 Å². The van der Waals surface area contributed by atoms with Gasteiger partial charge in [0.05, 0.1) is 30.3 Å². The molecule has 0 aliphatic heterocycles. The standard InChI is InChI=1S/C13H22N4O4/c1-3-14-12-9-11(17(18)19)10-13(16-12)15-5-4-6-21-8-7-20-2/h9-10H,3-8H2,1-2H3,(H2,14,15,16). The molecule has 0 radical (unpaired) electrons. The number of hydrogen-bond donors (Lipinski definition) is 2. The Morgan fingerprint density at radius 3 is 2.57 bits per heavy atom. The van der Waals surface area contributed by atoms with Crippen LogP contribution in [0.25, 0.3) is 0 Å². The highest BCUT2D eigenvalue weighted by Crippen LogP contribution is 2.20. The first-order chi connectivity index (χ1) is 10.2. The van der Waals surface area contributed by atoms with Crippen LogP contribution in [-0.2, 0) is 9.47 Å². The highest BCUT2D eigenvalue weighted by Gasteiger charge is 2.10. The first-order valence-corrected chi connectivity index (χ1v) is 6.88. The van der Waals surface area contributed by atoms with Crippen molar-refractivity contribution in [2.45, 2.75) is 13.3 Å². The molecule has 118 valence electrons. The quantitative estimate of drug-likeness (QED) is 0.365. The molecule has 1 heterocycles. The van der Waals surface area contributed by atoms with Crippen molar-refractivity contribution in [1.82, 2.24) is 4.98 Å². The lowest BCUT2D eigenvalue weighted by atomic mass is 10.3. The lowest BCUT2D eigenvalue weighted by Gasteiger charge is -2.09. The maximum Gasteiger partial charge on any atom is 0.276 e. The summed E-state index contributed by atoms with van der Waals surface area (Å²) in [6.07, 6.45) is 0.782. The molecule has 0 fully saturated rings. The number of hydrogen-bond acceptors (Lipinski definition) is 7. The summed E-state index contributed by atoms with van der Waals surface area (Å²) < 4.78 is 10.2. The lowest BCUT2D eigenvalue weighted by molar-refractivity contribution is -0.384. The summed E-state index contributed by atoms with van der Waals surface area (Å²) in [5.74, 6) is 0.975. The molecule has 1 aromatic rings. The van der Waals surface area contributed by atoms with Crippen LogP contribution < -0.4 is 10.6 Å². The Bertz CT molecular complexity index is 442. The van der Waals surface area contributed by atoms with Crippen molar-refractivity contribution < 1.29 is 14.4 Å². The second kappa shape index (κ2) is 9.89. The molecule has 0 saturated carbocycles. The van der Waals surface area contributed by atoms with E-state index in [0.29, 0.717) is 44.5 Å². The van der Waals surface area contributed by atoms with Crippen LogP contribution in [0.1, 0.15) is 13.3 Å². The second-order valence-electron chi connectivity index (χ2n) is 4.27. The van der Waals surface area contributed by atoms with Gasteiger partial charge >= 0.3 is 0 Å². The fraction of sp³-hybridized carbons (Fsp3) is 0.615. The van der Waals surface area contributed by atoms with Crippen molar-refractivity contribution in [3.8, 4) is 0 Å². The van der Waals surface area contributed by atoms with Crippen molar-refractivity contribution >= 4 is 17.3 Å². The molecule has 0 spiro atoms. The normalized spacial score (nSPS) is 10.4. The van der Waals surface area contributed by atoms with E-state index in [1.165, 1.54) is 12.1 Å². The summed E-state index contributed by atoms with van der Waals surface area (Å²) in [7, 11) is 1.63. The molecule has 0 aliphatic carbocycles. The Kier molecular flexibility index (Phi) is 8.07. The molecule has 0 bridgehead atoms. The number of nitro groups is 1. The first-order valence-electron chi connectivity index (χ1n) is 6.88. The van der Waals surface area contributed by atoms with Gasteiger partial charge in [-0.3, -0.25) is 10.1 Å². The van der Waals surface area contributed by atoms with Gasteiger partial charge in [0.15, 0.2) is 0 Å². The Hall–Kier alpha value is -1.93. The number of ether oxygens (including phenoxy) is 2. The van der Waals surface area contributed by atoms with Crippen LogP contribution in [0.3, 0.4) is 0 Å². The highest BCUT2D eigenvalue weighted by atomic mass is 16.6. The average molecular weight is 298 g/mol. The largest absolute Gasteiger partial charge is 0.382 e. The topological polar surface area (TPSA) is 98.6 Å². The van der Waals surface area contributed by atoms with Crippen molar-refractivity contribution in [3.05, 3.63) is 22.2 Å². The van der Waals surface area contributed by atoms with Gasteiger partial charge in [-0.1, -0.05) is 0 Å². The van der Waals surface area contributed by atoms with E-state index in [-0.39, 0.29) is 5.69 Å². The Morgan fingerprint density at radius 2 is 1.95 bits per heavy atom.